The summed E-state index contributed by atoms with van der Waals surface area (Å²) in [6.07, 6.45) is 3.03. The minimum absolute atomic E-state index is 0.00878. The van der Waals surface area contributed by atoms with Crippen LogP contribution in [0.4, 0.5) is 0 Å². The van der Waals surface area contributed by atoms with Gasteiger partial charge in [-0.2, -0.15) is 0 Å². The third kappa shape index (κ3) is 4.68. The number of carboxylic acids is 1. The molecule has 7 nitrogen and oxygen atoms in total. The lowest BCUT2D eigenvalue weighted by Crippen LogP contribution is -2.49. The second-order valence-corrected chi connectivity index (χ2v) is 9.57. The van der Waals surface area contributed by atoms with Crippen molar-refractivity contribution >= 4 is 21.9 Å². The molecule has 0 spiro atoms. The number of carboxylic acid groups (broad SMARTS) is 1. The molecule has 148 valence electrons. The molecular weight excluding hydrogens is 368 g/mol. The zero-order valence-corrected chi connectivity index (χ0v) is 16.1. The Morgan fingerprint density at radius 2 is 1.78 bits per heavy atom. The smallest absolute Gasteiger partial charge is 0.310 e. The summed E-state index contributed by atoms with van der Waals surface area (Å²) in [4.78, 5) is 23.6. The van der Waals surface area contributed by atoms with Crippen molar-refractivity contribution in [3.63, 3.8) is 0 Å². The van der Waals surface area contributed by atoms with Crippen LogP contribution in [-0.4, -0.2) is 48.8 Å². The number of sulfonamides is 1. The molecule has 3 rings (SSSR count). The van der Waals surface area contributed by atoms with E-state index in [9.17, 15) is 23.1 Å². The number of amides is 1. The number of nitrogens with zero attached hydrogens (tertiary/aromatic N) is 1. The lowest BCUT2D eigenvalue weighted by Gasteiger charge is -2.38. The summed E-state index contributed by atoms with van der Waals surface area (Å²) in [6.45, 7) is 0.731. The van der Waals surface area contributed by atoms with E-state index >= 15 is 0 Å². The maximum Gasteiger partial charge on any atom is 0.310 e. The van der Waals surface area contributed by atoms with Crippen molar-refractivity contribution in [1.29, 1.82) is 0 Å². The molecule has 1 aromatic rings. The highest BCUT2D eigenvalue weighted by Gasteiger charge is 2.46. The van der Waals surface area contributed by atoms with Crippen LogP contribution in [0.2, 0.25) is 0 Å². The van der Waals surface area contributed by atoms with Gasteiger partial charge in [0.05, 0.1) is 11.2 Å². The van der Waals surface area contributed by atoms with Crippen molar-refractivity contribution < 1.29 is 23.1 Å². The third-order valence-electron chi connectivity index (χ3n) is 5.67. The molecule has 0 bridgehead atoms. The van der Waals surface area contributed by atoms with E-state index in [1.54, 1.807) is 12.1 Å². The van der Waals surface area contributed by atoms with Crippen LogP contribution in [0.5, 0.6) is 0 Å². The molecule has 1 aliphatic heterocycles. The normalized spacial score (nSPS) is 20.6. The molecule has 27 heavy (non-hydrogen) atoms. The summed E-state index contributed by atoms with van der Waals surface area (Å²) in [5, 5.41) is 12.2. The molecule has 2 fully saturated rings. The van der Waals surface area contributed by atoms with Crippen LogP contribution in [0.3, 0.4) is 0 Å². The fraction of sp³-hybridized carbons (Fsp3) is 0.579. The Morgan fingerprint density at radius 3 is 2.30 bits per heavy atom. The molecular formula is C19H26N2O5S. The van der Waals surface area contributed by atoms with Crippen LogP contribution >= 0.6 is 0 Å². The third-order valence-corrected chi connectivity index (χ3v) is 7.52. The predicted molar refractivity (Wildman–Crippen MR) is 100 cm³/mol. The van der Waals surface area contributed by atoms with Crippen molar-refractivity contribution in [2.45, 2.75) is 50.3 Å². The average molecular weight is 394 g/mol. The number of rotatable bonds is 7. The van der Waals surface area contributed by atoms with E-state index in [4.69, 9.17) is 0 Å². The molecule has 0 unspecified atom stereocenters. The average Bonchev–Trinajstić information content (AvgIpc) is 2.59. The predicted octanol–water partition coefficient (Wildman–Crippen LogP) is 1.74. The molecule has 8 heteroatoms. The van der Waals surface area contributed by atoms with E-state index in [1.807, 2.05) is 18.2 Å². The molecule has 2 N–H and O–H groups in total. The summed E-state index contributed by atoms with van der Waals surface area (Å²) in [7, 11) is -3.38. The van der Waals surface area contributed by atoms with E-state index in [0.29, 0.717) is 38.8 Å². The molecule has 0 atom stereocenters. The van der Waals surface area contributed by atoms with Gasteiger partial charge in [0.15, 0.2) is 0 Å². The highest BCUT2D eigenvalue weighted by molar-refractivity contribution is 7.88. The Hall–Kier alpha value is -1.93. The first-order valence-electron chi connectivity index (χ1n) is 9.35. The van der Waals surface area contributed by atoms with Gasteiger partial charge in [-0.05, 0) is 31.2 Å². The SMILES string of the molecule is O=C(CC1(C(=O)O)CCC1)NC1CCN(S(=O)(=O)Cc2ccccc2)CC1. The van der Waals surface area contributed by atoms with Crippen LogP contribution in [-0.2, 0) is 25.4 Å². The van der Waals surface area contributed by atoms with Gasteiger partial charge >= 0.3 is 5.97 Å². The number of piperidine rings is 1. The molecule has 1 amide bonds. The molecule has 1 saturated carbocycles. The highest BCUT2D eigenvalue weighted by Crippen LogP contribution is 2.44. The van der Waals surface area contributed by atoms with Gasteiger partial charge < -0.3 is 10.4 Å². The Morgan fingerprint density at radius 1 is 1.15 bits per heavy atom. The maximum atomic E-state index is 12.6. The van der Waals surface area contributed by atoms with E-state index in [-0.39, 0.29) is 24.1 Å². The highest BCUT2D eigenvalue weighted by atomic mass is 32.2. The Labute approximate surface area is 159 Å². The summed E-state index contributed by atoms with van der Waals surface area (Å²) in [5.41, 5.74) is -0.142. The lowest BCUT2D eigenvalue weighted by molar-refractivity contribution is -0.157. The summed E-state index contributed by atoms with van der Waals surface area (Å²) >= 11 is 0. The standard InChI is InChI=1S/C19H26N2O5S/c22-17(13-19(18(23)24)9-4-10-19)20-16-7-11-21(12-8-16)27(25,26)14-15-5-2-1-3-6-15/h1-3,5-6,16H,4,7-14H2,(H,20,22)(H,23,24). The second-order valence-electron chi connectivity index (χ2n) is 7.60. The van der Waals surface area contributed by atoms with Crippen LogP contribution < -0.4 is 5.32 Å². The van der Waals surface area contributed by atoms with Gasteiger partial charge in [-0.25, -0.2) is 12.7 Å². The maximum absolute atomic E-state index is 12.6. The number of nitrogens with one attached hydrogen (secondary N) is 1. The van der Waals surface area contributed by atoms with E-state index in [0.717, 1.165) is 12.0 Å². The van der Waals surface area contributed by atoms with Crippen molar-refractivity contribution in [3.05, 3.63) is 35.9 Å². The zero-order valence-electron chi connectivity index (χ0n) is 15.3. The largest absolute Gasteiger partial charge is 0.481 e. The number of benzene rings is 1. The van der Waals surface area contributed by atoms with Crippen LogP contribution in [0, 0.1) is 5.41 Å². The molecule has 1 aliphatic carbocycles. The quantitative estimate of drug-likeness (QED) is 0.733. The van der Waals surface area contributed by atoms with Gasteiger partial charge in [0, 0.05) is 25.6 Å². The van der Waals surface area contributed by atoms with Gasteiger partial charge in [0.25, 0.3) is 0 Å². The monoisotopic (exact) mass is 394 g/mol. The number of hydrogen-bond donors (Lipinski definition) is 2. The molecule has 1 heterocycles. The van der Waals surface area contributed by atoms with Crippen molar-refractivity contribution in [1.82, 2.24) is 9.62 Å². The van der Waals surface area contributed by atoms with E-state index in [1.165, 1.54) is 4.31 Å². The fourth-order valence-corrected chi connectivity index (χ4v) is 5.37. The van der Waals surface area contributed by atoms with Crippen molar-refractivity contribution in [2.75, 3.05) is 13.1 Å². The minimum Gasteiger partial charge on any atom is -0.481 e. The first-order valence-corrected chi connectivity index (χ1v) is 11.0. The molecule has 0 radical (unpaired) electrons. The first-order chi connectivity index (χ1) is 12.8. The Kier molecular flexibility index (Phi) is 5.86. The first kappa shape index (κ1) is 19.8. The Bertz CT molecular complexity index is 782. The second kappa shape index (κ2) is 7.98. The summed E-state index contributed by atoms with van der Waals surface area (Å²) in [5.74, 6) is -1.17. The number of carbonyl (C=O) groups is 2. The van der Waals surface area contributed by atoms with Gasteiger partial charge in [-0.15, -0.1) is 0 Å². The summed E-state index contributed by atoms with van der Waals surface area (Å²) < 4.78 is 26.6. The Balaban J connectivity index is 1.48. The topological polar surface area (TPSA) is 104 Å². The molecule has 1 aromatic carbocycles. The van der Waals surface area contributed by atoms with Crippen LogP contribution in [0.15, 0.2) is 30.3 Å². The van der Waals surface area contributed by atoms with Gasteiger partial charge in [0.1, 0.15) is 0 Å². The molecule has 2 aliphatic rings. The molecule has 1 saturated heterocycles. The number of hydrogen-bond acceptors (Lipinski definition) is 4. The van der Waals surface area contributed by atoms with Crippen LogP contribution in [0.1, 0.15) is 44.1 Å². The van der Waals surface area contributed by atoms with Gasteiger partial charge in [-0.3, -0.25) is 9.59 Å². The zero-order chi connectivity index (χ0) is 19.5. The van der Waals surface area contributed by atoms with E-state index in [2.05, 4.69) is 5.32 Å². The minimum atomic E-state index is -3.38. The van der Waals surface area contributed by atoms with E-state index < -0.39 is 21.4 Å². The molecule has 0 aromatic heterocycles. The fourth-order valence-electron chi connectivity index (χ4n) is 3.81. The van der Waals surface area contributed by atoms with Gasteiger partial charge in [0.2, 0.25) is 15.9 Å². The lowest BCUT2D eigenvalue weighted by atomic mass is 9.66. The number of carbonyl (C=O) groups excluding carboxylic acids is 1. The summed E-state index contributed by atoms with van der Waals surface area (Å²) in [6, 6.07) is 8.97. The van der Waals surface area contributed by atoms with Crippen molar-refractivity contribution in [2.24, 2.45) is 5.41 Å². The van der Waals surface area contributed by atoms with Gasteiger partial charge in [-0.1, -0.05) is 36.8 Å². The number of aliphatic carboxylic acids is 1. The van der Waals surface area contributed by atoms with Crippen molar-refractivity contribution in [3.8, 4) is 0 Å². The van der Waals surface area contributed by atoms with Crippen LogP contribution in [0.25, 0.3) is 0 Å².